The van der Waals surface area contributed by atoms with E-state index in [1.54, 1.807) is 36.7 Å². The third-order valence-electron chi connectivity index (χ3n) is 4.89. The van der Waals surface area contributed by atoms with Gasteiger partial charge < -0.3 is 4.90 Å². The van der Waals surface area contributed by atoms with Crippen LogP contribution in [0, 0.1) is 12.7 Å². The number of hydrogen-bond acceptors (Lipinski definition) is 5. The molecule has 1 amide bonds. The van der Waals surface area contributed by atoms with Crippen molar-refractivity contribution in [3.8, 4) is 0 Å². The van der Waals surface area contributed by atoms with Gasteiger partial charge in [-0.05, 0) is 49.2 Å². The topological polar surface area (TPSA) is 70.6 Å². The summed E-state index contributed by atoms with van der Waals surface area (Å²) < 4.78 is 41.1. The van der Waals surface area contributed by atoms with E-state index in [-0.39, 0.29) is 10.5 Å². The molecule has 0 saturated carbocycles. The van der Waals surface area contributed by atoms with E-state index in [1.165, 1.54) is 41.5 Å². The minimum absolute atomic E-state index is 0.0121. The number of halogens is 1. The minimum Gasteiger partial charge on any atom is -0.308 e. The summed E-state index contributed by atoms with van der Waals surface area (Å²) >= 11 is 1.23. The summed E-state index contributed by atoms with van der Waals surface area (Å²) in [5, 5.41) is 2.08. The smallest absolute Gasteiger partial charge is 0.265 e. The van der Waals surface area contributed by atoms with Crippen LogP contribution in [0.4, 0.5) is 15.2 Å². The van der Waals surface area contributed by atoms with Crippen molar-refractivity contribution in [1.82, 2.24) is 4.98 Å². The SMILES string of the molecule is Cc1ccc(F)c(C(=O)N2CCc3cc(S(=O)(=O)N(C)c4nccs4)ccc32)c1. The standard InChI is InChI=1S/C20H18FN3O3S2/c1-13-3-5-17(21)16(11-13)19(25)24-9-7-14-12-15(4-6-18(14)24)29(26,27)23(2)20-22-8-10-28-20/h3-6,8,10-12H,7,9H2,1-2H3. The van der Waals surface area contributed by atoms with Crippen LogP contribution in [0.25, 0.3) is 0 Å². The molecule has 1 aromatic heterocycles. The average molecular weight is 432 g/mol. The van der Waals surface area contributed by atoms with Crippen LogP contribution >= 0.6 is 11.3 Å². The van der Waals surface area contributed by atoms with Gasteiger partial charge in [-0.25, -0.2) is 22.1 Å². The Morgan fingerprint density at radius 1 is 1.24 bits per heavy atom. The van der Waals surface area contributed by atoms with E-state index in [0.717, 1.165) is 15.4 Å². The lowest BCUT2D eigenvalue weighted by Gasteiger charge is -2.19. The van der Waals surface area contributed by atoms with Gasteiger partial charge >= 0.3 is 0 Å². The first kappa shape index (κ1) is 19.5. The van der Waals surface area contributed by atoms with Gasteiger partial charge in [0, 0.05) is 30.9 Å². The molecule has 0 N–H and O–H groups in total. The van der Waals surface area contributed by atoms with Gasteiger partial charge in [-0.3, -0.25) is 4.79 Å². The summed E-state index contributed by atoms with van der Waals surface area (Å²) in [5.74, 6) is -1.00. The number of anilines is 2. The number of carbonyl (C=O) groups is 1. The molecule has 2 heterocycles. The summed E-state index contributed by atoms with van der Waals surface area (Å²) in [6, 6.07) is 9.07. The summed E-state index contributed by atoms with van der Waals surface area (Å²) in [6.45, 7) is 2.16. The number of nitrogens with zero attached hydrogens (tertiary/aromatic N) is 3. The van der Waals surface area contributed by atoms with Crippen molar-refractivity contribution in [2.75, 3.05) is 22.8 Å². The highest BCUT2D eigenvalue weighted by Gasteiger charge is 2.30. The van der Waals surface area contributed by atoms with Gasteiger partial charge in [-0.2, -0.15) is 0 Å². The summed E-state index contributed by atoms with van der Waals surface area (Å²) in [5.41, 5.74) is 2.14. The Morgan fingerprint density at radius 3 is 2.76 bits per heavy atom. The van der Waals surface area contributed by atoms with Gasteiger partial charge in [0.2, 0.25) is 0 Å². The molecule has 0 radical (unpaired) electrons. The van der Waals surface area contributed by atoms with E-state index in [4.69, 9.17) is 0 Å². The molecule has 0 fully saturated rings. The lowest BCUT2D eigenvalue weighted by Crippen LogP contribution is -2.29. The zero-order chi connectivity index (χ0) is 20.8. The molecule has 150 valence electrons. The first-order valence-corrected chi connectivity index (χ1v) is 11.2. The third kappa shape index (κ3) is 3.40. The molecule has 0 saturated heterocycles. The molecular weight excluding hydrogens is 413 g/mol. The molecule has 0 bridgehead atoms. The number of aromatic nitrogens is 1. The second-order valence-corrected chi connectivity index (χ2v) is 9.61. The van der Waals surface area contributed by atoms with Crippen LogP contribution in [0.1, 0.15) is 21.5 Å². The summed E-state index contributed by atoms with van der Waals surface area (Å²) in [7, 11) is -2.31. The maximum Gasteiger partial charge on any atom is 0.265 e. The lowest BCUT2D eigenvalue weighted by molar-refractivity contribution is 0.0985. The first-order valence-electron chi connectivity index (χ1n) is 8.88. The molecule has 3 aromatic rings. The van der Waals surface area contributed by atoms with Crippen LogP contribution in [0.2, 0.25) is 0 Å². The quantitative estimate of drug-likeness (QED) is 0.633. The highest BCUT2D eigenvalue weighted by molar-refractivity contribution is 7.93. The van der Waals surface area contributed by atoms with Gasteiger partial charge in [0.15, 0.2) is 5.13 Å². The van der Waals surface area contributed by atoms with Crippen molar-refractivity contribution < 1.29 is 17.6 Å². The number of sulfonamides is 1. The summed E-state index contributed by atoms with van der Waals surface area (Å²) in [6.07, 6.45) is 2.04. The molecule has 0 aliphatic carbocycles. The summed E-state index contributed by atoms with van der Waals surface area (Å²) in [4.78, 5) is 18.5. The van der Waals surface area contributed by atoms with Gasteiger partial charge in [0.25, 0.3) is 15.9 Å². The van der Waals surface area contributed by atoms with E-state index < -0.39 is 21.7 Å². The van der Waals surface area contributed by atoms with Gasteiger partial charge in [-0.15, -0.1) is 11.3 Å². The second-order valence-electron chi connectivity index (χ2n) is 6.77. The Bertz CT molecular complexity index is 1190. The highest BCUT2D eigenvalue weighted by atomic mass is 32.2. The fraction of sp³-hybridized carbons (Fsp3) is 0.200. The zero-order valence-electron chi connectivity index (χ0n) is 15.8. The van der Waals surface area contributed by atoms with Gasteiger partial charge in [0.1, 0.15) is 5.82 Å². The minimum atomic E-state index is -3.77. The fourth-order valence-corrected chi connectivity index (χ4v) is 5.37. The number of rotatable bonds is 4. The van der Waals surface area contributed by atoms with Crippen molar-refractivity contribution >= 4 is 38.1 Å². The van der Waals surface area contributed by atoms with Crippen molar-refractivity contribution in [1.29, 1.82) is 0 Å². The monoisotopic (exact) mass is 431 g/mol. The number of amides is 1. The van der Waals surface area contributed by atoms with Crippen LogP contribution in [0.15, 0.2) is 52.9 Å². The van der Waals surface area contributed by atoms with Crippen LogP contribution in [-0.4, -0.2) is 32.9 Å². The second kappa shape index (κ2) is 7.23. The van der Waals surface area contributed by atoms with Crippen molar-refractivity contribution in [3.05, 3.63) is 70.5 Å². The molecular formula is C20H18FN3O3S2. The Hall–Kier alpha value is -2.78. The predicted octanol–water partition coefficient (Wildman–Crippen LogP) is 3.62. The predicted molar refractivity (Wildman–Crippen MR) is 111 cm³/mol. The number of thiazole rings is 1. The van der Waals surface area contributed by atoms with Crippen LogP contribution < -0.4 is 9.21 Å². The lowest BCUT2D eigenvalue weighted by atomic mass is 10.1. The molecule has 1 aliphatic rings. The van der Waals surface area contributed by atoms with Gasteiger partial charge in [0.05, 0.1) is 10.5 Å². The fourth-order valence-electron chi connectivity index (χ4n) is 3.33. The van der Waals surface area contributed by atoms with E-state index in [2.05, 4.69) is 4.98 Å². The number of carbonyl (C=O) groups excluding carboxylic acids is 1. The number of benzene rings is 2. The molecule has 2 aromatic carbocycles. The number of aryl methyl sites for hydroxylation is 1. The first-order chi connectivity index (χ1) is 13.8. The molecule has 4 rings (SSSR count). The van der Waals surface area contributed by atoms with Crippen LogP contribution in [-0.2, 0) is 16.4 Å². The maximum atomic E-state index is 14.2. The van der Waals surface area contributed by atoms with Crippen molar-refractivity contribution in [2.24, 2.45) is 0 Å². The molecule has 1 aliphatic heterocycles. The molecule has 0 spiro atoms. The molecule has 6 nitrogen and oxygen atoms in total. The zero-order valence-corrected chi connectivity index (χ0v) is 17.4. The Labute approximate surface area is 172 Å². The Morgan fingerprint density at radius 2 is 2.03 bits per heavy atom. The van der Waals surface area contributed by atoms with Crippen LogP contribution in [0.3, 0.4) is 0 Å². The van der Waals surface area contributed by atoms with E-state index in [0.29, 0.717) is 23.8 Å². The van der Waals surface area contributed by atoms with E-state index >= 15 is 0 Å². The normalized spacial score (nSPS) is 13.4. The maximum absolute atomic E-state index is 14.2. The molecule has 0 atom stereocenters. The highest BCUT2D eigenvalue weighted by Crippen LogP contribution is 2.33. The van der Waals surface area contributed by atoms with Crippen LogP contribution in [0.5, 0.6) is 0 Å². The molecule has 0 unspecified atom stereocenters. The Kier molecular flexibility index (Phi) is 4.87. The largest absolute Gasteiger partial charge is 0.308 e. The third-order valence-corrected chi connectivity index (χ3v) is 7.60. The van der Waals surface area contributed by atoms with E-state index in [1.807, 2.05) is 0 Å². The number of fused-ring (bicyclic) bond motifs is 1. The average Bonchev–Trinajstić information content (AvgIpc) is 3.38. The van der Waals surface area contributed by atoms with Gasteiger partial charge in [-0.1, -0.05) is 11.6 Å². The number of hydrogen-bond donors (Lipinski definition) is 0. The molecule has 9 heteroatoms. The van der Waals surface area contributed by atoms with Crippen molar-refractivity contribution in [2.45, 2.75) is 18.2 Å². The molecule has 29 heavy (non-hydrogen) atoms. The van der Waals surface area contributed by atoms with E-state index in [9.17, 15) is 17.6 Å². The Balaban J connectivity index is 1.66. The van der Waals surface area contributed by atoms with Crippen molar-refractivity contribution in [3.63, 3.8) is 0 Å².